The predicted molar refractivity (Wildman–Crippen MR) is 88.2 cm³/mol. The van der Waals surface area contributed by atoms with E-state index in [9.17, 15) is 14.7 Å². The fourth-order valence-corrected chi connectivity index (χ4v) is 2.49. The van der Waals surface area contributed by atoms with Crippen molar-refractivity contribution in [2.75, 3.05) is 44.5 Å². The highest BCUT2D eigenvalue weighted by molar-refractivity contribution is 7.99. The molecule has 0 aliphatic heterocycles. The molecule has 22 heavy (non-hydrogen) atoms. The predicted octanol–water partition coefficient (Wildman–Crippen LogP) is 1.01. The van der Waals surface area contributed by atoms with Crippen molar-refractivity contribution in [1.29, 1.82) is 0 Å². The number of aliphatic hydroxyl groups is 1. The van der Waals surface area contributed by atoms with E-state index in [1.54, 1.807) is 0 Å². The highest BCUT2D eigenvalue weighted by atomic mass is 32.2. The summed E-state index contributed by atoms with van der Waals surface area (Å²) >= 11 is 1.49. The van der Waals surface area contributed by atoms with Crippen LogP contribution in [0.5, 0.6) is 0 Å². The molecule has 0 spiro atoms. The van der Waals surface area contributed by atoms with Gasteiger partial charge in [-0.1, -0.05) is 6.92 Å². The lowest BCUT2D eigenvalue weighted by molar-refractivity contribution is -0.119. The average molecular weight is 335 g/mol. The molecule has 0 aromatic rings. The molecule has 0 aromatic heterocycles. The third-order valence-electron chi connectivity index (χ3n) is 2.78. The smallest absolute Gasteiger partial charge is 0.216 e. The summed E-state index contributed by atoms with van der Waals surface area (Å²) in [5.74, 6) is 1.22. The van der Waals surface area contributed by atoms with Crippen LogP contribution in [0.4, 0.5) is 0 Å². The normalized spacial score (nSPS) is 12.1. The van der Waals surface area contributed by atoms with Crippen molar-refractivity contribution in [2.24, 2.45) is 0 Å². The van der Waals surface area contributed by atoms with Gasteiger partial charge in [0, 0.05) is 32.2 Å². The van der Waals surface area contributed by atoms with Crippen molar-refractivity contribution in [1.82, 2.24) is 5.32 Å². The first-order valence-electron chi connectivity index (χ1n) is 7.73. The molecule has 0 aromatic carbocycles. The van der Waals surface area contributed by atoms with Crippen LogP contribution in [0.1, 0.15) is 33.1 Å². The molecule has 1 amide bonds. The van der Waals surface area contributed by atoms with Crippen molar-refractivity contribution in [3.05, 3.63) is 0 Å². The second kappa shape index (κ2) is 15.3. The van der Waals surface area contributed by atoms with E-state index in [0.29, 0.717) is 57.3 Å². The molecule has 0 bridgehead atoms. The van der Waals surface area contributed by atoms with Crippen LogP contribution >= 0.6 is 11.8 Å². The average Bonchev–Trinajstić information content (AvgIpc) is 2.48. The first-order chi connectivity index (χ1) is 10.6. The van der Waals surface area contributed by atoms with Gasteiger partial charge in [-0.25, -0.2) is 0 Å². The Morgan fingerprint density at radius 1 is 1.18 bits per heavy atom. The first kappa shape index (κ1) is 21.4. The highest BCUT2D eigenvalue weighted by Gasteiger charge is 2.05. The summed E-state index contributed by atoms with van der Waals surface area (Å²) in [6, 6.07) is 0. The monoisotopic (exact) mass is 335 g/mol. The molecule has 130 valence electrons. The van der Waals surface area contributed by atoms with Gasteiger partial charge in [-0.3, -0.25) is 9.59 Å². The molecule has 0 rings (SSSR count). The van der Waals surface area contributed by atoms with Crippen LogP contribution in [0, 0.1) is 0 Å². The maximum Gasteiger partial charge on any atom is 0.216 e. The van der Waals surface area contributed by atoms with Crippen molar-refractivity contribution < 1.29 is 24.2 Å². The molecule has 0 radical (unpaired) electrons. The molecule has 0 aliphatic carbocycles. The van der Waals surface area contributed by atoms with Gasteiger partial charge in [-0.05, 0) is 12.8 Å². The number of hydrogen-bond acceptors (Lipinski definition) is 6. The van der Waals surface area contributed by atoms with Crippen LogP contribution < -0.4 is 5.32 Å². The summed E-state index contributed by atoms with van der Waals surface area (Å²) in [5.41, 5.74) is 0. The van der Waals surface area contributed by atoms with Gasteiger partial charge in [0.15, 0.2) is 0 Å². The fourth-order valence-electron chi connectivity index (χ4n) is 1.49. The standard InChI is InChI=1S/C15H29NO5S/c1-3-14(18)11-22-12-15(19)5-4-7-20-9-10-21-8-6-16-13(2)17/h14,18H,3-12H2,1-2H3,(H,16,17). The van der Waals surface area contributed by atoms with Gasteiger partial charge in [0.2, 0.25) is 5.91 Å². The topological polar surface area (TPSA) is 84.9 Å². The molecular formula is C15H29NO5S. The Labute approximate surface area is 137 Å². The van der Waals surface area contributed by atoms with Crippen LogP contribution in [0.2, 0.25) is 0 Å². The van der Waals surface area contributed by atoms with Gasteiger partial charge in [0.1, 0.15) is 5.78 Å². The molecule has 6 nitrogen and oxygen atoms in total. The third-order valence-corrected chi connectivity index (χ3v) is 3.93. The number of thioether (sulfide) groups is 1. The number of rotatable bonds is 15. The van der Waals surface area contributed by atoms with Crippen LogP contribution in [0.3, 0.4) is 0 Å². The van der Waals surface area contributed by atoms with Gasteiger partial charge in [-0.15, -0.1) is 0 Å². The zero-order chi connectivity index (χ0) is 16.6. The SMILES string of the molecule is CCC(O)CSCC(=O)CCCOCCOCCNC(C)=O. The van der Waals surface area contributed by atoms with Crippen LogP contribution in [0.25, 0.3) is 0 Å². The van der Waals surface area contributed by atoms with Gasteiger partial charge in [0.05, 0.1) is 31.7 Å². The number of hydrogen-bond donors (Lipinski definition) is 2. The summed E-state index contributed by atoms with van der Waals surface area (Å²) in [4.78, 5) is 22.1. The molecule has 1 atom stereocenters. The summed E-state index contributed by atoms with van der Waals surface area (Å²) in [5, 5.41) is 12.0. The number of amides is 1. The van der Waals surface area contributed by atoms with E-state index in [1.807, 2.05) is 6.92 Å². The quantitative estimate of drug-likeness (QED) is 0.435. The lowest BCUT2D eigenvalue weighted by Gasteiger charge is -2.07. The minimum atomic E-state index is -0.313. The number of carbonyl (C=O) groups excluding carboxylic acids is 2. The number of nitrogens with one attached hydrogen (secondary N) is 1. The lowest BCUT2D eigenvalue weighted by Crippen LogP contribution is -2.24. The Kier molecular flexibility index (Phi) is 14.8. The van der Waals surface area contributed by atoms with Crippen molar-refractivity contribution in [2.45, 2.75) is 39.2 Å². The number of Topliss-reactive ketones (excluding diaryl/α,β-unsaturated/α-hetero) is 1. The van der Waals surface area contributed by atoms with Crippen LogP contribution in [-0.4, -0.2) is 67.4 Å². The summed E-state index contributed by atoms with van der Waals surface area (Å²) in [6.07, 6.45) is 1.63. The zero-order valence-electron chi connectivity index (χ0n) is 13.6. The Hall–Kier alpha value is -0.630. The van der Waals surface area contributed by atoms with E-state index in [1.165, 1.54) is 18.7 Å². The largest absolute Gasteiger partial charge is 0.392 e. The Bertz CT molecular complexity index is 302. The van der Waals surface area contributed by atoms with Gasteiger partial charge < -0.3 is 19.9 Å². The molecule has 0 fully saturated rings. The third kappa shape index (κ3) is 15.8. The van der Waals surface area contributed by atoms with E-state index < -0.39 is 0 Å². The second-order valence-electron chi connectivity index (χ2n) is 4.93. The number of ketones is 1. The summed E-state index contributed by atoms with van der Waals surface area (Å²) in [7, 11) is 0. The number of aliphatic hydroxyl groups excluding tert-OH is 1. The molecule has 7 heteroatoms. The Morgan fingerprint density at radius 3 is 2.50 bits per heavy atom. The van der Waals surface area contributed by atoms with E-state index in [2.05, 4.69) is 5.32 Å². The van der Waals surface area contributed by atoms with Gasteiger partial charge in [0.25, 0.3) is 0 Å². The molecule has 0 heterocycles. The Morgan fingerprint density at radius 2 is 1.86 bits per heavy atom. The molecule has 0 aliphatic rings. The van der Waals surface area contributed by atoms with Crippen LogP contribution in [0.15, 0.2) is 0 Å². The summed E-state index contributed by atoms with van der Waals surface area (Å²) in [6.45, 7) is 5.90. The molecule has 0 saturated heterocycles. The lowest BCUT2D eigenvalue weighted by atomic mass is 10.2. The van der Waals surface area contributed by atoms with Gasteiger partial charge in [-0.2, -0.15) is 11.8 Å². The maximum absolute atomic E-state index is 11.6. The molecule has 0 saturated carbocycles. The van der Waals surface area contributed by atoms with Crippen molar-refractivity contribution >= 4 is 23.5 Å². The Balaban J connectivity index is 3.21. The number of carbonyl (C=O) groups is 2. The second-order valence-corrected chi connectivity index (χ2v) is 5.96. The van der Waals surface area contributed by atoms with E-state index in [4.69, 9.17) is 9.47 Å². The van der Waals surface area contributed by atoms with E-state index >= 15 is 0 Å². The van der Waals surface area contributed by atoms with Crippen molar-refractivity contribution in [3.63, 3.8) is 0 Å². The van der Waals surface area contributed by atoms with E-state index in [0.717, 1.165) is 6.42 Å². The molecule has 1 unspecified atom stereocenters. The molecular weight excluding hydrogens is 306 g/mol. The fraction of sp³-hybridized carbons (Fsp3) is 0.867. The minimum absolute atomic E-state index is 0.0631. The van der Waals surface area contributed by atoms with Gasteiger partial charge >= 0.3 is 0 Å². The highest BCUT2D eigenvalue weighted by Crippen LogP contribution is 2.07. The van der Waals surface area contributed by atoms with E-state index in [-0.39, 0.29) is 17.8 Å². The number of ether oxygens (including phenoxy) is 2. The summed E-state index contributed by atoms with van der Waals surface area (Å²) < 4.78 is 10.6. The molecule has 2 N–H and O–H groups in total. The maximum atomic E-state index is 11.6. The zero-order valence-corrected chi connectivity index (χ0v) is 14.5. The first-order valence-corrected chi connectivity index (χ1v) is 8.89. The van der Waals surface area contributed by atoms with Crippen molar-refractivity contribution in [3.8, 4) is 0 Å². The van der Waals surface area contributed by atoms with Crippen LogP contribution in [-0.2, 0) is 19.1 Å². The minimum Gasteiger partial charge on any atom is -0.392 e.